The number of ether oxygens (including phenoxy) is 3. The van der Waals surface area contributed by atoms with Gasteiger partial charge in [-0.1, -0.05) is 0 Å². The van der Waals surface area contributed by atoms with Crippen LogP contribution in [0.5, 0.6) is 11.5 Å². The molecular formula is C33H31NO13. The number of hydrogen-bond donors (Lipinski definition) is 6. The maximum absolute atomic E-state index is 15.1. The molecule has 2 fully saturated rings. The van der Waals surface area contributed by atoms with Crippen LogP contribution in [0.15, 0.2) is 23.1 Å². The summed E-state index contributed by atoms with van der Waals surface area (Å²) in [5, 5.41) is 65.2. The molecule has 0 radical (unpaired) electrons. The first-order chi connectivity index (χ1) is 22.3. The summed E-state index contributed by atoms with van der Waals surface area (Å²) in [7, 11) is 1.28. The van der Waals surface area contributed by atoms with Gasteiger partial charge in [-0.2, -0.15) is 0 Å². The number of Topliss-reactive ketones (excluding diaryl/α,β-unsaturated/α-hetero) is 2. The van der Waals surface area contributed by atoms with E-state index in [1.54, 1.807) is 13.8 Å². The van der Waals surface area contributed by atoms with Gasteiger partial charge in [0.15, 0.2) is 11.6 Å². The third-order valence-electron chi connectivity index (χ3n) is 11.3. The highest BCUT2D eigenvalue weighted by Gasteiger charge is 2.79. The SMILES string of the molecule is CO[C@@]12c3c(C)cc(O)c4c(=O)n([C@H]5CO[C@H](CO)[C@@H](O)[C@@H]5O)cc(c34)C(=O)[C@@H]1[C@]13COC(=O)c4c(O)cc(C)c(c41)C(=O)[C@H]2[C@@H]3O. The van der Waals surface area contributed by atoms with E-state index < -0.39 is 101 Å². The van der Waals surface area contributed by atoms with Crippen LogP contribution in [0.1, 0.15) is 59.4 Å². The molecule has 8 rings (SSSR count). The van der Waals surface area contributed by atoms with E-state index in [2.05, 4.69) is 0 Å². The van der Waals surface area contributed by atoms with E-state index in [1.165, 1.54) is 25.4 Å². The molecular weight excluding hydrogens is 618 g/mol. The van der Waals surface area contributed by atoms with E-state index in [4.69, 9.17) is 14.2 Å². The molecule has 1 aromatic heterocycles. The second-order valence-electron chi connectivity index (χ2n) is 13.2. The lowest BCUT2D eigenvalue weighted by Crippen LogP contribution is -2.56. The summed E-state index contributed by atoms with van der Waals surface area (Å²) >= 11 is 0. The van der Waals surface area contributed by atoms with Crippen molar-refractivity contribution < 1.29 is 59.2 Å². The molecule has 1 spiro atoms. The van der Waals surface area contributed by atoms with E-state index >= 15 is 4.79 Å². The number of fused-ring (bicyclic) bond motifs is 4. The van der Waals surface area contributed by atoms with Crippen LogP contribution < -0.4 is 5.56 Å². The zero-order valence-electron chi connectivity index (χ0n) is 25.4. The molecule has 2 aliphatic heterocycles. The molecule has 2 aromatic carbocycles. The molecule has 9 atom stereocenters. The molecule has 246 valence electrons. The highest BCUT2D eigenvalue weighted by molar-refractivity contribution is 6.19. The first kappa shape index (κ1) is 30.2. The number of rotatable bonds is 3. The van der Waals surface area contributed by atoms with Crippen LogP contribution in [-0.4, -0.2) is 104 Å². The molecule has 3 heterocycles. The molecule has 14 heteroatoms. The Morgan fingerprint density at radius 1 is 0.936 bits per heavy atom. The number of phenols is 2. The molecule has 1 saturated heterocycles. The summed E-state index contributed by atoms with van der Waals surface area (Å²) in [6.07, 6.45) is -4.79. The number of carbonyl (C=O) groups is 3. The van der Waals surface area contributed by atoms with E-state index in [0.29, 0.717) is 11.1 Å². The smallest absolute Gasteiger partial charge is 0.342 e. The number of aliphatic hydroxyl groups is 4. The third-order valence-corrected chi connectivity index (χ3v) is 11.3. The largest absolute Gasteiger partial charge is 0.507 e. The Balaban J connectivity index is 1.48. The molecule has 6 N–H and O–H groups in total. The van der Waals surface area contributed by atoms with Crippen LogP contribution >= 0.6 is 0 Å². The zero-order chi connectivity index (χ0) is 33.6. The number of nitrogens with zero attached hydrogens (tertiary/aromatic N) is 1. The Kier molecular flexibility index (Phi) is 6.07. The third kappa shape index (κ3) is 3.21. The van der Waals surface area contributed by atoms with E-state index in [-0.39, 0.29) is 45.2 Å². The number of ketones is 2. The fourth-order valence-corrected chi connectivity index (χ4v) is 9.45. The number of cyclic esters (lactones) is 1. The van der Waals surface area contributed by atoms with E-state index in [0.717, 1.165) is 4.57 Å². The van der Waals surface area contributed by atoms with Gasteiger partial charge in [0.25, 0.3) is 5.56 Å². The summed E-state index contributed by atoms with van der Waals surface area (Å²) in [6.45, 7) is 1.72. The topological polar surface area (TPSA) is 222 Å². The maximum Gasteiger partial charge on any atom is 0.342 e. The van der Waals surface area contributed by atoms with Gasteiger partial charge in [0.1, 0.15) is 47.6 Å². The lowest BCUT2D eigenvalue weighted by Gasteiger charge is -2.47. The van der Waals surface area contributed by atoms with Crippen LogP contribution in [-0.2, 0) is 25.2 Å². The zero-order valence-corrected chi connectivity index (χ0v) is 25.4. The summed E-state index contributed by atoms with van der Waals surface area (Å²) < 4.78 is 18.3. The second kappa shape index (κ2) is 9.46. The number of carbonyl (C=O) groups excluding carboxylic acids is 3. The van der Waals surface area contributed by atoms with Crippen molar-refractivity contribution in [1.29, 1.82) is 0 Å². The number of methoxy groups -OCH3 is 1. The Hall–Kier alpha value is -4.18. The molecule has 2 bridgehead atoms. The first-order valence-corrected chi connectivity index (χ1v) is 15.2. The number of benzene rings is 2. The Morgan fingerprint density at radius 2 is 1.64 bits per heavy atom. The van der Waals surface area contributed by atoms with Gasteiger partial charge in [0, 0.05) is 29.8 Å². The van der Waals surface area contributed by atoms with Crippen molar-refractivity contribution in [3.63, 3.8) is 0 Å². The first-order valence-electron chi connectivity index (χ1n) is 15.2. The number of hydrogen-bond acceptors (Lipinski definition) is 13. The molecule has 3 aliphatic carbocycles. The van der Waals surface area contributed by atoms with E-state index in [9.17, 15) is 45.0 Å². The summed E-state index contributed by atoms with van der Waals surface area (Å²) in [5.74, 6) is -6.11. The maximum atomic E-state index is 15.1. The Bertz CT molecular complexity index is 2050. The van der Waals surface area contributed by atoms with Crippen LogP contribution in [0.2, 0.25) is 0 Å². The summed E-state index contributed by atoms with van der Waals surface area (Å²) in [4.78, 5) is 57.0. The quantitative estimate of drug-likeness (QED) is 0.200. The van der Waals surface area contributed by atoms with Gasteiger partial charge in [-0.15, -0.1) is 0 Å². The van der Waals surface area contributed by atoms with Crippen molar-refractivity contribution in [3.05, 3.63) is 67.6 Å². The van der Waals surface area contributed by atoms with Crippen molar-refractivity contribution >= 4 is 28.3 Å². The standard InChI is InChI=1S/C33H31NO13/c1-10-4-15(37)20-22-17(10)27(41)23-29(42)32(22,9-47-31(20)44)28-24(38)12-6-34(13-8-46-16(7-35)26(40)25(13)39)30(43)19-14(36)5-11(2)21(18(12)19)33(23,28)45-3/h4-6,13,16,23,25-26,28-29,35-37,39-40,42H,7-9H2,1-3H3/t13-,16+,23-,25+,26+,28+,29-,32-,33+/m0/s1. The van der Waals surface area contributed by atoms with Crippen molar-refractivity contribution in [1.82, 2.24) is 4.57 Å². The Labute approximate surface area is 265 Å². The van der Waals surface area contributed by atoms with Gasteiger partial charge in [0.05, 0.1) is 48.0 Å². The van der Waals surface area contributed by atoms with Gasteiger partial charge >= 0.3 is 5.97 Å². The number of aliphatic hydroxyl groups excluding tert-OH is 4. The number of aromatic nitrogens is 1. The average Bonchev–Trinajstić information content (AvgIpc) is 3.19. The van der Waals surface area contributed by atoms with E-state index in [1.807, 2.05) is 0 Å². The molecule has 1 saturated carbocycles. The fraction of sp³-hybridized carbons (Fsp3) is 0.455. The number of aromatic hydroxyl groups is 2. The van der Waals surface area contributed by atoms with Crippen LogP contribution in [0.25, 0.3) is 10.8 Å². The van der Waals surface area contributed by atoms with Crippen LogP contribution in [0.4, 0.5) is 0 Å². The Morgan fingerprint density at radius 3 is 2.32 bits per heavy atom. The number of esters is 1. The highest BCUT2D eigenvalue weighted by atomic mass is 16.5. The van der Waals surface area contributed by atoms with Crippen molar-refractivity contribution in [2.45, 2.75) is 55.3 Å². The molecule has 3 aromatic rings. The predicted molar refractivity (Wildman–Crippen MR) is 158 cm³/mol. The average molecular weight is 650 g/mol. The number of aryl methyl sites for hydroxylation is 2. The minimum atomic E-state index is -1.92. The summed E-state index contributed by atoms with van der Waals surface area (Å²) in [6, 6.07) is 1.30. The van der Waals surface area contributed by atoms with Crippen molar-refractivity contribution in [3.8, 4) is 11.5 Å². The minimum Gasteiger partial charge on any atom is -0.507 e. The molecule has 0 amide bonds. The summed E-state index contributed by atoms with van der Waals surface area (Å²) in [5.41, 5.74) is -4.06. The van der Waals surface area contributed by atoms with Crippen LogP contribution in [0, 0.1) is 25.7 Å². The number of phenolic OH excluding ortho intramolecular Hbond substituents is 2. The molecule has 5 aliphatic rings. The lowest BCUT2D eigenvalue weighted by molar-refractivity contribution is -0.170. The highest BCUT2D eigenvalue weighted by Crippen LogP contribution is 2.69. The van der Waals surface area contributed by atoms with Gasteiger partial charge in [-0.05, 0) is 48.2 Å². The predicted octanol–water partition coefficient (Wildman–Crippen LogP) is -0.367. The lowest BCUT2D eigenvalue weighted by atomic mass is 9.59. The van der Waals surface area contributed by atoms with Crippen LogP contribution in [0.3, 0.4) is 0 Å². The van der Waals surface area contributed by atoms with Gasteiger partial charge in [-0.3, -0.25) is 14.4 Å². The monoisotopic (exact) mass is 649 g/mol. The minimum absolute atomic E-state index is 0.00371. The molecule has 47 heavy (non-hydrogen) atoms. The number of pyridine rings is 1. The van der Waals surface area contributed by atoms with Crippen molar-refractivity contribution in [2.75, 3.05) is 26.9 Å². The molecule has 0 unspecified atom stereocenters. The normalized spacial score (nSPS) is 35.1. The van der Waals surface area contributed by atoms with Crippen molar-refractivity contribution in [2.24, 2.45) is 11.8 Å². The van der Waals surface area contributed by atoms with Gasteiger partial charge in [0.2, 0.25) is 0 Å². The van der Waals surface area contributed by atoms with Gasteiger partial charge in [-0.25, -0.2) is 4.79 Å². The second-order valence-corrected chi connectivity index (χ2v) is 13.2. The van der Waals surface area contributed by atoms with Gasteiger partial charge < -0.3 is 49.4 Å². The fourth-order valence-electron chi connectivity index (χ4n) is 9.45. The molecule has 14 nitrogen and oxygen atoms in total.